The first-order valence-electron chi connectivity index (χ1n) is 9.58. The predicted octanol–water partition coefficient (Wildman–Crippen LogP) is 2.64. The van der Waals surface area contributed by atoms with Crippen LogP contribution in [-0.2, 0) is 11.2 Å². The van der Waals surface area contributed by atoms with Gasteiger partial charge in [-0.3, -0.25) is 4.79 Å². The smallest absolute Gasteiger partial charge is 0.229 e. The van der Waals surface area contributed by atoms with Crippen LogP contribution in [0.5, 0.6) is 0 Å². The van der Waals surface area contributed by atoms with E-state index in [0.29, 0.717) is 11.8 Å². The average molecular weight is 327 g/mol. The summed E-state index contributed by atoms with van der Waals surface area (Å²) in [6, 6.07) is 8.42. The van der Waals surface area contributed by atoms with Gasteiger partial charge in [-0.1, -0.05) is 12.1 Å². The number of hydrogen-bond acceptors (Lipinski definition) is 3. The SMILES string of the molecule is NC1C2CCC(C2)C1C(=O)Nc1ccc(CCN2CCCC2)cc1. The van der Waals surface area contributed by atoms with E-state index in [0.717, 1.165) is 25.1 Å². The maximum atomic E-state index is 12.6. The normalized spacial score (nSPS) is 32.4. The van der Waals surface area contributed by atoms with E-state index in [-0.39, 0.29) is 17.9 Å². The number of amides is 1. The fourth-order valence-corrected chi connectivity index (χ4v) is 5.00. The van der Waals surface area contributed by atoms with Gasteiger partial charge in [0.15, 0.2) is 0 Å². The summed E-state index contributed by atoms with van der Waals surface area (Å²) in [6.45, 7) is 3.64. The molecule has 0 aromatic heterocycles. The van der Waals surface area contributed by atoms with E-state index in [1.165, 1.54) is 44.3 Å². The molecule has 4 rings (SSSR count). The highest BCUT2D eigenvalue weighted by Crippen LogP contribution is 2.47. The summed E-state index contributed by atoms with van der Waals surface area (Å²) in [5.41, 5.74) is 8.52. The zero-order chi connectivity index (χ0) is 16.5. The molecule has 2 bridgehead atoms. The number of carbonyl (C=O) groups is 1. The Hall–Kier alpha value is -1.39. The van der Waals surface area contributed by atoms with Crippen LogP contribution >= 0.6 is 0 Å². The van der Waals surface area contributed by atoms with E-state index in [1.807, 2.05) is 12.1 Å². The van der Waals surface area contributed by atoms with Crippen LogP contribution in [0.3, 0.4) is 0 Å². The zero-order valence-corrected chi connectivity index (χ0v) is 14.4. The molecule has 4 nitrogen and oxygen atoms in total. The van der Waals surface area contributed by atoms with Crippen molar-refractivity contribution in [3.63, 3.8) is 0 Å². The summed E-state index contributed by atoms with van der Waals surface area (Å²) >= 11 is 0. The summed E-state index contributed by atoms with van der Waals surface area (Å²) in [5, 5.41) is 3.09. The molecule has 3 fully saturated rings. The summed E-state index contributed by atoms with van der Waals surface area (Å²) in [7, 11) is 0. The largest absolute Gasteiger partial charge is 0.327 e. The summed E-state index contributed by atoms with van der Waals surface area (Å²) < 4.78 is 0. The van der Waals surface area contributed by atoms with Gasteiger partial charge in [0.2, 0.25) is 5.91 Å². The Morgan fingerprint density at radius 2 is 1.83 bits per heavy atom. The van der Waals surface area contributed by atoms with Gasteiger partial charge in [0.1, 0.15) is 0 Å². The number of nitrogens with zero attached hydrogens (tertiary/aromatic N) is 1. The molecule has 4 atom stereocenters. The second kappa shape index (κ2) is 6.85. The molecule has 1 aromatic rings. The number of nitrogens with one attached hydrogen (secondary N) is 1. The van der Waals surface area contributed by atoms with E-state index < -0.39 is 0 Å². The molecule has 3 N–H and O–H groups in total. The van der Waals surface area contributed by atoms with E-state index in [1.54, 1.807) is 0 Å². The lowest BCUT2D eigenvalue weighted by atomic mass is 9.84. The van der Waals surface area contributed by atoms with Crippen LogP contribution in [0.25, 0.3) is 0 Å². The minimum Gasteiger partial charge on any atom is -0.327 e. The second-order valence-electron chi connectivity index (χ2n) is 7.92. The Morgan fingerprint density at radius 3 is 2.50 bits per heavy atom. The molecule has 3 aliphatic rings. The third-order valence-electron chi connectivity index (χ3n) is 6.42. The number of nitrogens with two attached hydrogens (primary N) is 1. The summed E-state index contributed by atoms with van der Waals surface area (Å²) in [5.74, 6) is 1.21. The molecule has 1 heterocycles. The quantitative estimate of drug-likeness (QED) is 0.874. The van der Waals surface area contributed by atoms with Crippen molar-refractivity contribution in [2.45, 2.75) is 44.6 Å². The Morgan fingerprint density at radius 1 is 1.12 bits per heavy atom. The Balaban J connectivity index is 1.31. The Labute approximate surface area is 144 Å². The van der Waals surface area contributed by atoms with Crippen molar-refractivity contribution in [1.82, 2.24) is 4.90 Å². The van der Waals surface area contributed by atoms with Gasteiger partial charge in [-0.25, -0.2) is 0 Å². The van der Waals surface area contributed by atoms with Crippen LogP contribution in [0.2, 0.25) is 0 Å². The fraction of sp³-hybridized carbons (Fsp3) is 0.650. The Kier molecular flexibility index (Phi) is 4.59. The van der Waals surface area contributed by atoms with E-state index in [2.05, 4.69) is 22.3 Å². The lowest BCUT2D eigenvalue weighted by molar-refractivity contribution is -0.121. The van der Waals surface area contributed by atoms with Gasteiger partial charge in [-0.15, -0.1) is 0 Å². The molecule has 2 saturated carbocycles. The number of fused-ring (bicyclic) bond motifs is 2. The molecular weight excluding hydrogens is 298 g/mol. The Bertz CT molecular complexity index is 577. The number of benzene rings is 1. The van der Waals surface area contributed by atoms with Gasteiger partial charge in [-0.05, 0) is 81.1 Å². The predicted molar refractivity (Wildman–Crippen MR) is 96.7 cm³/mol. The second-order valence-corrected chi connectivity index (χ2v) is 7.92. The molecule has 130 valence electrons. The van der Waals surface area contributed by atoms with Crippen LogP contribution in [-0.4, -0.2) is 36.5 Å². The van der Waals surface area contributed by atoms with Crippen molar-refractivity contribution in [3.05, 3.63) is 29.8 Å². The molecule has 0 spiro atoms. The van der Waals surface area contributed by atoms with Crippen molar-refractivity contribution < 1.29 is 4.79 Å². The maximum Gasteiger partial charge on any atom is 0.229 e. The summed E-state index contributed by atoms with van der Waals surface area (Å²) in [4.78, 5) is 15.1. The molecular formula is C20H29N3O. The van der Waals surface area contributed by atoms with Gasteiger partial charge in [-0.2, -0.15) is 0 Å². The molecule has 24 heavy (non-hydrogen) atoms. The number of likely N-dealkylation sites (tertiary alicyclic amines) is 1. The lowest BCUT2D eigenvalue weighted by Crippen LogP contribution is -2.42. The number of rotatable bonds is 5. The third-order valence-corrected chi connectivity index (χ3v) is 6.42. The molecule has 1 aliphatic heterocycles. The van der Waals surface area contributed by atoms with Gasteiger partial charge in [0.05, 0.1) is 5.92 Å². The van der Waals surface area contributed by atoms with Gasteiger partial charge in [0.25, 0.3) is 0 Å². The molecule has 4 unspecified atom stereocenters. The highest BCUT2D eigenvalue weighted by Gasteiger charge is 2.49. The number of anilines is 1. The molecule has 4 heteroatoms. The van der Waals surface area contributed by atoms with Crippen LogP contribution in [0.1, 0.15) is 37.7 Å². The van der Waals surface area contributed by atoms with Crippen molar-refractivity contribution in [2.24, 2.45) is 23.5 Å². The molecule has 1 saturated heterocycles. The van der Waals surface area contributed by atoms with Crippen molar-refractivity contribution >= 4 is 11.6 Å². The van der Waals surface area contributed by atoms with Crippen molar-refractivity contribution in [1.29, 1.82) is 0 Å². The monoisotopic (exact) mass is 327 g/mol. The van der Waals surface area contributed by atoms with E-state index >= 15 is 0 Å². The minimum atomic E-state index is 0.0126. The van der Waals surface area contributed by atoms with Crippen molar-refractivity contribution in [3.8, 4) is 0 Å². The lowest BCUT2D eigenvalue weighted by Gasteiger charge is -2.27. The topological polar surface area (TPSA) is 58.4 Å². The van der Waals surface area contributed by atoms with Crippen LogP contribution in [0, 0.1) is 17.8 Å². The van der Waals surface area contributed by atoms with Gasteiger partial charge >= 0.3 is 0 Å². The maximum absolute atomic E-state index is 12.6. The molecule has 1 amide bonds. The zero-order valence-electron chi connectivity index (χ0n) is 14.4. The molecule has 1 aromatic carbocycles. The number of carbonyl (C=O) groups excluding carboxylic acids is 1. The highest BCUT2D eigenvalue weighted by atomic mass is 16.2. The first kappa shape index (κ1) is 16.1. The van der Waals surface area contributed by atoms with Crippen molar-refractivity contribution in [2.75, 3.05) is 25.0 Å². The summed E-state index contributed by atoms with van der Waals surface area (Å²) in [6.07, 6.45) is 7.31. The van der Waals surface area contributed by atoms with Crippen LogP contribution < -0.4 is 11.1 Å². The standard InChI is InChI=1S/C20H29N3O/c21-19-16-6-5-15(13-16)18(19)20(24)22-17-7-3-14(4-8-17)9-12-23-10-1-2-11-23/h3-4,7-8,15-16,18-19H,1-2,5-6,9-13,21H2,(H,22,24). The molecule has 2 aliphatic carbocycles. The van der Waals surface area contributed by atoms with E-state index in [9.17, 15) is 4.79 Å². The highest BCUT2D eigenvalue weighted by molar-refractivity contribution is 5.93. The van der Waals surface area contributed by atoms with Crippen LogP contribution in [0.4, 0.5) is 5.69 Å². The first-order chi connectivity index (χ1) is 11.7. The first-order valence-corrected chi connectivity index (χ1v) is 9.58. The van der Waals surface area contributed by atoms with Gasteiger partial charge in [0, 0.05) is 18.3 Å². The number of hydrogen-bond donors (Lipinski definition) is 2. The van der Waals surface area contributed by atoms with E-state index in [4.69, 9.17) is 5.73 Å². The molecule has 0 radical (unpaired) electrons. The van der Waals surface area contributed by atoms with Crippen LogP contribution in [0.15, 0.2) is 24.3 Å². The average Bonchev–Trinajstić information content (AvgIpc) is 3.31. The fourth-order valence-electron chi connectivity index (χ4n) is 5.00. The minimum absolute atomic E-state index is 0.0126. The third kappa shape index (κ3) is 3.22. The van der Waals surface area contributed by atoms with Gasteiger partial charge < -0.3 is 16.0 Å².